The molecule has 2 nitrogen and oxygen atoms in total. The average Bonchev–Trinajstić information content (AvgIpc) is 2.69. The van der Waals surface area contributed by atoms with Crippen LogP contribution in [0, 0.1) is 0 Å². The molecule has 0 aliphatic carbocycles. The van der Waals surface area contributed by atoms with Gasteiger partial charge in [-0.3, -0.25) is 0 Å². The Morgan fingerprint density at radius 3 is 1.92 bits per heavy atom. The van der Waals surface area contributed by atoms with Crippen molar-refractivity contribution in [1.82, 2.24) is 0 Å². The molecule has 1 atom stereocenters. The van der Waals surface area contributed by atoms with Gasteiger partial charge in [0, 0.05) is 0 Å². The van der Waals surface area contributed by atoms with Crippen molar-refractivity contribution in [2.75, 3.05) is 6.61 Å². The van der Waals surface area contributed by atoms with Crippen LogP contribution < -0.4 is 8.32 Å². The summed E-state index contributed by atoms with van der Waals surface area (Å²) in [7, 11) is 0. The van der Waals surface area contributed by atoms with Gasteiger partial charge in [-0.25, -0.2) is 0 Å². The van der Waals surface area contributed by atoms with Crippen molar-refractivity contribution in [2.45, 2.75) is 98.2 Å². The summed E-state index contributed by atoms with van der Waals surface area (Å²) in [5, 5.41) is 0. The molecule has 26 heavy (non-hydrogen) atoms. The zero-order valence-corrected chi connectivity index (χ0v) is 20.2. The number of hydrogen-bond donors (Lipinski definition) is 0. The SMILES string of the molecule is CCC[CH2][Sn]([CH2]CCC)([CH2]CCC)[c]1ccc(O[C@@H]2CCCCO2)cc1. The third-order valence-corrected chi connectivity index (χ3v) is 21.6. The molecule has 1 saturated heterocycles. The zero-order chi connectivity index (χ0) is 18.7. The van der Waals surface area contributed by atoms with Crippen LogP contribution in [0.25, 0.3) is 0 Å². The van der Waals surface area contributed by atoms with Gasteiger partial charge in [-0.1, -0.05) is 0 Å². The molecule has 148 valence electrons. The van der Waals surface area contributed by atoms with Gasteiger partial charge in [0.05, 0.1) is 0 Å². The molecule has 0 bridgehead atoms. The number of rotatable bonds is 12. The van der Waals surface area contributed by atoms with E-state index in [0.717, 1.165) is 18.8 Å². The van der Waals surface area contributed by atoms with Crippen molar-refractivity contribution >= 4 is 22.0 Å². The van der Waals surface area contributed by atoms with Gasteiger partial charge >= 0.3 is 166 Å². The van der Waals surface area contributed by atoms with E-state index in [9.17, 15) is 0 Å². The van der Waals surface area contributed by atoms with Gasteiger partial charge in [0.15, 0.2) is 0 Å². The Labute approximate surface area is 165 Å². The Kier molecular flexibility index (Phi) is 10.4. The minimum atomic E-state index is -2.29. The first kappa shape index (κ1) is 22.1. The molecule has 0 saturated carbocycles. The van der Waals surface area contributed by atoms with E-state index in [4.69, 9.17) is 9.47 Å². The van der Waals surface area contributed by atoms with Crippen molar-refractivity contribution in [2.24, 2.45) is 0 Å². The van der Waals surface area contributed by atoms with Crippen LogP contribution in [0.5, 0.6) is 5.75 Å². The van der Waals surface area contributed by atoms with Crippen molar-refractivity contribution in [3.8, 4) is 5.75 Å². The van der Waals surface area contributed by atoms with Crippen molar-refractivity contribution in [3.05, 3.63) is 24.3 Å². The molecule has 0 amide bonds. The minimum absolute atomic E-state index is 0.0388. The summed E-state index contributed by atoms with van der Waals surface area (Å²) in [5.41, 5.74) is 0. The molecule has 1 aliphatic heterocycles. The standard InChI is InChI=1S/C11H13O2.3C4H9.Sn/c1-2-6-10(7-3-1)13-11-8-4-5-9-12-11;3*1-3-4-2;/h2-3,6-7,11H,4-5,8-9H2;3*1,3-4H2,2H3;/t11-;;;;/m1..../s1. The van der Waals surface area contributed by atoms with Gasteiger partial charge in [-0.15, -0.1) is 0 Å². The molecule has 0 spiro atoms. The second-order valence-electron chi connectivity index (χ2n) is 8.03. The molecule has 0 N–H and O–H groups in total. The van der Waals surface area contributed by atoms with E-state index in [-0.39, 0.29) is 6.29 Å². The monoisotopic (exact) mass is 468 g/mol. The molecular weight excluding hydrogens is 427 g/mol. The van der Waals surface area contributed by atoms with E-state index < -0.39 is 18.4 Å². The van der Waals surface area contributed by atoms with Crippen molar-refractivity contribution in [3.63, 3.8) is 0 Å². The second-order valence-corrected chi connectivity index (χ2v) is 21.3. The normalized spacial score (nSPS) is 18.0. The third kappa shape index (κ3) is 6.74. The maximum atomic E-state index is 6.07. The predicted molar refractivity (Wildman–Crippen MR) is 115 cm³/mol. The molecule has 1 aliphatic rings. The first-order chi connectivity index (χ1) is 12.7. The molecule has 1 aromatic carbocycles. The molecular formula is C23H40O2Sn. The van der Waals surface area contributed by atoms with Gasteiger partial charge in [-0.05, 0) is 0 Å². The summed E-state index contributed by atoms with van der Waals surface area (Å²) in [5.74, 6) is 0.988. The number of benzene rings is 1. The fourth-order valence-electron chi connectivity index (χ4n) is 4.20. The molecule has 3 heteroatoms. The fourth-order valence-corrected chi connectivity index (χ4v) is 20.1. The summed E-state index contributed by atoms with van der Waals surface area (Å²) in [4.78, 5) is 0. The van der Waals surface area contributed by atoms with Crippen LogP contribution in [-0.4, -0.2) is 31.3 Å². The number of ether oxygens (including phenoxy) is 2. The summed E-state index contributed by atoms with van der Waals surface area (Å²) < 4.78 is 18.1. The van der Waals surface area contributed by atoms with Crippen molar-refractivity contribution < 1.29 is 9.47 Å². The van der Waals surface area contributed by atoms with Gasteiger partial charge in [0.2, 0.25) is 0 Å². The van der Waals surface area contributed by atoms with Gasteiger partial charge < -0.3 is 0 Å². The van der Waals surface area contributed by atoms with E-state index in [2.05, 4.69) is 45.0 Å². The number of unbranched alkanes of at least 4 members (excludes halogenated alkanes) is 3. The molecule has 2 rings (SSSR count). The fraction of sp³-hybridized carbons (Fsp3) is 0.739. The summed E-state index contributed by atoms with van der Waals surface area (Å²) >= 11 is -2.29. The van der Waals surface area contributed by atoms with E-state index in [1.807, 2.05) is 0 Å². The molecule has 0 unspecified atom stereocenters. The van der Waals surface area contributed by atoms with Crippen LogP contribution in [0.3, 0.4) is 0 Å². The van der Waals surface area contributed by atoms with E-state index >= 15 is 0 Å². The first-order valence-corrected chi connectivity index (χ1v) is 18.6. The van der Waals surface area contributed by atoms with E-state index in [0.29, 0.717) is 0 Å². The number of hydrogen-bond acceptors (Lipinski definition) is 2. The first-order valence-electron chi connectivity index (χ1n) is 11.1. The van der Waals surface area contributed by atoms with Crippen LogP contribution in [-0.2, 0) is 4.74 Å². The molecule has 0 aromatic heterocycles. The van der Waals surface area contributed by atoms with Crippen LogP contribution in [0.2, 0.25) is 13.3 Å². The summed E-state index contributed by atoms with van der Waals surface area (Å²) in [6.45, 7) is 7.87. The molecule has 1 heterocycles. The van der Waals surface area contributed by atoms with Crippen LogP contribution in [0.4, 0.5) is 0 Å². The van der Waals surface area contributed by atoms with E-state index in [1.54, 1.807) is 3.58 Å². The predicted octanol–water partition coefficient (Wildman–Crippen LogP) is 6.65. The van der Waals surface area contributed by atoms with Gasteiger partial charge in [0.1, 0.15) is 0 Å². The Morgan fingerprint density at radius 1 is 0.885 bits per heavy atom. The molecule has 1 aromatic rings. The Bertz CT molecular complexity index is 458. The third-order valence-electron chi connectivity index (χ3n) is 5.90. The summed E-state index contributed by atoms with van der Waals surface area (Å²) in [6.07, 6.45) is 11.6. The van der Waals surface area contributed by atoms with Gasteiger partial charge in [-0.2, -0.15) is 0 Å². The van der Waals surface area contributed by atoms with Crippen LogP contribution in [0.1, 0.15) is 78.6 Å². The topological polar surface area (TPSA) is 18.5 Å². The Morgan fingerprint density at radius 2 is 1.46 bits per heavy atom. The van der Waals surface area contributed by atoms with Gasteiger partial charge in [0.25, 0.3) is 0 Å². The second kappa shape index (κ2) is 12.3. The van der Waals surface area contributed by atoms with Crippen molar-refractivity contribution in [1.29, 1.82) is 0 Å². The molecule has 1 fully saturated rings. The van der Waals surface area contributed by atoms with E-state index in [1.165, 1.54) is 64.7 Å². The summed E-state index contributed by atoms with van der Waals surface area (Å²) in [6, 6.07) is 9.30. The van der Waals surface area contributed by atoms with Crippen LogP contribution in [0.15, 0.2) is 24.3 Å². The quantitative estimate of drug-likeness (QED) is 0.321. The average molecular weight is 467 g/mol. The van der Waals surface area contributed by atoms with Crippen LogP contribution >= 0.6 is 0 Å². The molecule has 0 radical (unpaired) electrons. The zero-order valence-electron chi connectivity index (χ0n) is 17.4. The maximum absolute atomic E-state index is 6.07. The Hall–Kier alpha value is -0.221. The Balaban J connectivity index is 2.13.